The van der Waals surface area contributed by atoms with E-state index in [2.05, 4.69) is 25.8 Å². The van der Waals surface area contributed by atoms with E-state index in [1.165, 1.54) is 14.2 Å². The lowest BCUT2D eigenvalue weighted by Crippen LogP contribution is -2.24. The summed E-state index contributed by atoms with van der Waals surface area (Å²) < 4.78 is 4.54. The summed E-state index contributed by atoms with van der Waals surface area (Å²) in [7, 11) is 8.17. The summed E-state index contributed by atoms with van der Waals surface area (Å²) in [5.41, 5.74) is 6.24. The molecule has 0 spiro atoms. The second kappa shape index (κ2) is 7.26. The van der Waals surface area contributed by atoms with Crippen LogP contribution < -0.4 is 16.8 Å². The van der Waals surface area contributed by atoms with Crippen LogP contribution in [-0.2, 0) is 4.74 Å². The number of ether oxygens (including phenoxy) is 1. The van der Waals surface area contributed by atoms with E-state index in [9.17, 15) is 9.59 Å². The normalized spacial score (nSPS) is 8.89. The molecule has 1 aromatic rings. The number of aromatic nitrogens is 2. The van der Waals surface area contributed by atoms with Crippen LogP contribution in [0.1, 0.15) is 21.7 Å². The van der Waals surface area contributed by atoms with Gasteiger partial charge >= 0.3 is 12.0 Å². The number of carbonyl (C=O) groups excluding carboxylic acids is 2. The van der Waals surface area contributed by atoms with Crippen molar-refractivity contribution in [3.8, 4) is 0 Å². The van der Waals surface area contributed by atoms with Crippen LogP contribution in [0.4, 0.5) is 4.79 Å². The van der Waals surface area contributed by atoms with Crippen molar-refractivity contribution in [1.29, 1.82) is 0 Å². The molecule has 1 aromatic heterocycles. The van der Waals surface area contributed by atoms with E-state index in [4.69, 9.17) is 7.85 Å². The number of urea groups is 1. The maximum Gasteiger partial charge on any atom is 0.357 e. The molecule has 0 saturated carbocycles. The zero-order chi connectivity index (χ0) is 14.3. The topological polar surface area (TPSA) is 107 Å². The predicted molar refractivity (Wildman–Crippen MR) is 66.9 cm³/mol. The van der Waals surface area contributed by atoms with Gasteiger partial charge in [0.2, 0.25) is 0 Å². The van der Waals surface area contributed by atoms with Gasteiger partial charge in [0.25, 0.3) is 0 Å². The molecule has 2 amide bonds. The Kier molecular flexibility index (Phi) is 6.40. The first-order valence-corrected chi connectivity index (χ1v) is 4.99. The molecule has 0 saturated heterocycles. The average Bonchev–Trinajstić information content (AvgIpc) is 2.33. The van der Waals surface area contributed by atoms with Gasteiger partial charge in [-0.15, -0.1) is 0 Å². The van der Waals surface area contributed by atoms with Gasteiger partial charge in [-0.3, -0.25) is 4.98 Å². The lowest BCUT2D eigenvalue weighted by atomic mass is 10.1. The molecule has 7 nitrogen and oxygen atoms in total. The van der Waals surface area contributed by atoms with Gasteiger partial charge in [-0.1, -0.05) is 0 Å². The van der Waals surface area contributed by atoms with E-state index in [1.54, 1.807) is 13.8 Å². The van der Waals surface area contributed by atoms with Crippen LogP contribution in [0.2, 0.25) is 0 Å². The van der Waals surface area contributed by atoms with E-state index >= 15 is 0 Å². The number of nitrogens with zero attached hydrogens (tertiary/aromatic N) is 2. The highest BCUT2D eigenvalue weighted by Crippen LogP contribution is 2.06. The van der Waals surface area contributed by atoms with Gasteiger partial charge in [-0.05, 0) is 13.8 Å². The second-order valence-electron chi connectivity index (χ2n) is 3.25. The number of nitrogens with one attached hydrogen (secondary N) is 1. The van der Waals surface area contributed by atoms with Crippen LogP contribution in [-0.4, -0.2) is 44.0 Å². The maximum atomic E-state index is 11.2. The smallest absolute Gasteiger partial charge is 0.357 e. The van der Waals surface area contributed by atoms with Crippen LogP contribution >= 0.6 is 0 Å². The zero-order valence-corrected chi connectivity index (χ0v) is 10.8. The van der Waals surface area contributed by atoms with Gasteiger partial charge in [0.1, 0.15) is 0 Å². The highest BCUT2D eigenvalue weighted by atomic mass is 16.5. The van der Waals surface area contributed by atoms with E-state index in [1.807, 2.05) is 0 Å². The number of primary amides is 1. The third-order valence-electron chi connectivity index (χ3n) is 2.03. The summed E-state index contributed by atoms with van der Waals surface area (Å²) in [5.74, 6) is -0.491. The Morgan fingerprint density at radius 1 is 1.33 bits per heavy atom. The van der Waals surface area contributed by atoms with E-state index in [0.717, 1.165) is 0 Å². The highest BCUT2D eigenvalue weighted by Gasteiger charge is 2.13. The van der Waals surface area contributed by atoms with E-state index in [-0.39, 0.29) is 11.4 Å². The van der Waals surface area contributed by atoms with Crippen molar-refractivity contribution in [1.82, 2.24) is 15.3 Å². The summed E-state index contributed by atoms with van der Waals surface area (Å²) >= 11 is 0. The van der Waals surface area contributed by atoms with Crippen molar-refractivity contribution in [2.45, 2.75) is 13.8 Å². The molecule has 96 valence electrons. The maximum absolute atomic E-state index is 11.2. The number of carbonyl (C=O) groups is 2. The van der Waals surface area contributed by atoms with Crippen molar-refractivity contribution < 1.29 is 14.3 Å². The number of hydrogen-bond donors (Lipinski definition) is 2. The van der Waals surface area contributed by atoms with Gasteiger partial charge in [-0.2, -0.15) is 0 Å². The third kappa shape index (κ3) is 4.81. The fraction of sp³-hybridized carbons (Fsp3) is 0.400. The largest absolute Gasteiger partial charge is 0.464 e. The van der Waals surface area contributed by atoms with Gasteiger partial charge in [0, 0.05) is 18.3 Å². The predicted octanol–water partition coefficient (Wildman–Crippen LogP) is -1.04. The molecule has 3 N–H and O–H groups in total. The number of methoxy groups -OCH3 is 1. The average molecular weight is 250 g/mol. The van der Waals surface area contributed by atoms with Crippen LogP contribution in [0, 0.1) is 13.8 Å². The first-order chi connectivity index (χ1) is 8.33. The molecule has 18 heavy (non-hydrogen) atoms. The summed E-state index contributed by atoms with van der Waals surface area (Å²) in [4.78, 5) is 28.4. The molecule has 0 fully saturated rings. The molecule has 1 rings (SSSR count). The fourth-order valence-electron chi connectivity index (χ4n) is 0.946. The number of esters is 1. The molecule has 2 radical (unpaired) electrons. The molecule has 0 aliphatic heterocycles. The number of nitrogens with two attached hydrogens (primary N) is 1. The molecule has 0 unspecified atom stereocenters. The quantitative estimate of drug-likeness (QED) is 0.489. The fourth-order valence-corrected chi connectivity index (χ4v) is 0.946. The SMILES string of the molecule is CNC(N)=O.[B]c1nc(C)c(C)c(C(=O)OC)n1. The first kappa shape index (κ1) is 15.9. The van der Waals surface area contributed by atoms with Crippen molar-refractivity contribution in [2.24, 2.45) is 5.73 Å². The van der Waals surface area contributed by atoms with E-state index in [0.29, 0.717) is 11.3 Å². The van der Waals surface area contributed by atoms with Crippen molar-refractivity contribution in [3.05, 3.63) is 17.0 Å². The van der Waals surface area contributed by atoms with Crippen molar-refractivity contribution in [3.63, 3.8) is 0 Å². The van der Waals surface area contributed by atoms with Crippen LogP contribution in [0.3, 0.4) is 0 Å². The van der Waals surface area contributed by atoms with E-state index < -0.39 is 12.0 Å². The van der Waals surface area contributed by atoms with Gasteiger partial charge in [0.05, 0.1) is 12.8 Å². The summed E-state index contributed by atoms with van der Waals surface area (Å²) in [6.45, 7) is 3.51. The van der Waals surface area contributed by atoms with Crippen molar-refractivity contribution in [2.75, 3.05) is 14.2 Å². The monoisotopic (exact) mass is 250 g/mol. The summed E-state index contributed by atoms with van der Waals surface area (Å²) in [5, 5.41) is 2.17. The third-order valence-corrected chi connectivity index (χ3v) is 2.03. The Balaban J connectivity index is 0.000000494. The Morgan fingerprint density at radius 2 is 1.83 bits per heavy atom. The molecule has 1 heterocycles. The summed E-state index contributed by atoms with van der Waals surface area (Å²) in [6, 6.07) is -0.495. The lowest BCUT2D eigenvalue weighted by molar-refractivity contribution is 0.0593. The Labute approximate surface area is 107 Å². The highest BCUT2D eigenvalue weighted by molar-refractivity contribution is 6.29. The first-order valence-electron chi connectivity index (χ1n) is 4.99. The minimum absolute atomic E-state index is 0.0866. The number of aryl methyl sites for hydroxylation is 1. The zero-order valence-electron chi connectivity index (χ0n) is 10.8. The lowest BCUT2D eigenvalue weighted by Gasteiger charge is -2.06. The number of amides is 2. The second-order valence-corrected chi connectivity index (χ2v) is 3.25. The number of hydrogen-bond acceptors (Lipinski definition) is 5. The Morgan fingerprint density at radius 3 is 2.22 bits per heavy atom. The van der Waals surface area contributed by atoms with Gasteiger partial charge < -0.3 is 15.8 Å². The minimum atomic E-state index is -0.495. The minimum Gasteiger partial charge on any atom is -0.464 e. The van der Waals surface area contributed by atoms with Gasteiger partial charge in [-0.25, -0.2) is 14.6 Å². The number of rotatable bonds is 1. The van der Waals surface area contributed by atoms with Crippen LogP contribution in [0.15, 0.2) is 0 Å². The molecular weight excluding hydrogens is 235 g/mol. The molecule has 0 aliphatic rings. The van der Waals surface area contributed by atoms with Crippen molar-refractivity contribution >= 4 is 25.6 Å². The molecule has 0 aromatic carbocycles. The summed E-state index contributed by atoms with van der Waals surface area (Å²) in [6.07, 6.45) is 0. The molecule has 0 aliphatic carbocycles. The molecule has 8 heteroatoms. The Hall–Kier alpha value is -2.12. The standard InChI is InChI=1S/C8H9BN2O2.C2H6N2O/c1-4-5(2)10-8(9)11-6(4)7(12)13-3;1-4-2(3)5/h1-3H3;1H3,(H3,3,4,5). The molecule has 0 atom stereocenters. The molecular formula is C10H15BN4O3. The molecule has 0 bridgehead atoms. The van der Waals surface area contributed by atoms with Crippen LogP contribution in [0.5, 0.6) is 0 Å². The Bertz CT molecular complexity index is 451. The van der Waals surface area contributed by atoms with Gasteiger partial charge in [0.15, 0.2) is 13.5 Å². The van der Waals surface area contributed by atoms with Crippen LogP contribution in [0.25, 0.3) is 0 Å².